The summed E-state index contributed by atoms with van der Waals surface area (Å²) < 4.78 is 39.6. The van der Waals surface area contributed by atoms with Gasteiger partial charge in [-0.2, -0.15) is 4.31 Å². The van der Waals surface area contributed by atoms with Crippen LogP contribution >= 0.6 is 0 Å². The quantitative estimate of drug-likeness (QED) is 0.487. The van der Waals surface area contributed by atoms with Gasteiger partial charge in [0.15, 0.2) is 6.67 Å². The van der Waals surface area contributed by atoms with Gasteiger partial charge in [-0.05, 0) is 38.1 Å². The highest BCUT2D eigenvalue weighted by molar-refractivity contribution is 7.89. The molecule has 28 heavy (non-hydrogen) atoms. The Bertz CT molecular complexity index is 895. The molecule has 1 aromatic carbocycles. The molecule has 2 heterocycles. The predicted octanol–water partition coefficient (Wildman–Crippen LogP) is -1.13. The molecule has 0 atom stereocenters. The lowest BCUT2D eigenvalue weighted by molar-refractivity contribution is -0.910. The van der Waals surface area contributed by atoms with E-state index in [1.807, 2.05) is 0 Å². The van der Waals surface area contributed by atoms with Crippen LogP contribution in [0, 0.1) is 5.82 Å². The largest absolute Gasteiger partial charge is 0.338 e. The number of nitrogens with one attached hydrogen (secondary N) is 1. The molecule has 2 saturated heterocycles. The average Bonchev–Trinajstić information content (AvgIpc) is 2.86. The molecule has 2 fully saturated rings. The molecule has 0 aliphatic carbocycles. The third kappa shape index (κ3) is 3.64. The number of imide groups is 2. The number of hydrogen-bond donors (Lipinski definition) is 1. The zero-order chi connectivity index (χ0) is 20.6. The summed E-state index contributed by atoms with van der Waals surface area (Å²) >= 11 is 0. The molecule has 0 aromatic heterocycles. The summed E-state index contributed by atoms with van der Waals surface area (Å²) in [6, 6.07) is 3.57. The molecule has 152 valence electrons. The Balaban J connectivity index is 1.63. The van der Waals surface area contributed by atoms with E-state index in [2.05, 4.69) is 0 Å². The third-order valence-electron chi connectivity index (χ3n) is 4.86. The maximum absolute atomic E-state index is 13.0. The second-order valence-electron chi connectivity index (χ2n) is 7.05. The molecule has 0 bridgehead atoms. The van der Waals surface area contributed by atoms with Crippen LogP contribution < -0.4 is 4.90 Å². The average molecular weight is 413 g/mol. The number of sulfonamides is 1. The van der Waals surface area contributed by atoms with Gasteiger partial charge >= 0.3 is 17.8 Å². The maximum atomic E-state index is 13.0. The summed E-state index contributed by atoms with van der Waals surface area (Å²) in [5, 5.41) is 0. The number of nitrogens with zero attached hydrogens (tertiary/aromatic N) is 3. The lowest BCUT2D eigenvalue weighted by Gasteiger charge is -2.32. The molecular weight excluding hydrogens is 391 g/mol. The minimum atomic E-state index is -3.74. The zero-order valence-electron chi connectivity index (χ0n) is 15.6. The first-order chi connectivity index (χ1) is 13.1. The number of carbonyl (C=O) groups excluding carboxylic acids is 3. The van der Waals surface area contributed by atoms with Crippen molar-refractivity contribution in [3.63, 3.8) is 0 Å². The van der Waals surface area contributed by atoms with Crippen molar-refractivity contribution < 1.29 is 32.1 Å². The molecule has 3 rings (SSSR count). The number of carbonyl (C=O) groups is 3. The second kappa shape index (κ2) is 7.57. The van der Waals surface area contributed by atoms with Crippen molar-refractivity contribution in [2.24, 2.45) is 0 Å². The van der Waals surface area contributed by atoms with Crippen LogP contribution in [-0.4, -0.2) is 79.3 Å². The Labute approximate surface area is 162 Å². The van der Waals surface area contributed by atoms with E-state index in [-0.39, 0.29) is 24.7 Å². The van der Waals surface area contributed by atoms with Crippen molar-refractivity contribution in [3.05, 3.63) is 30.1 Å². The van der Waals surface area contributed by atoms with Crippen LogP contribution in [0.4, 0.5) is 9.18 Å². The minimum Gasteiger partial charge on any atom is -0.315 e. The van der Waals surface area contributed by atoms with Gasteiger partial charge in [0, 0.05) is 6.04 Å². The Kier molecular flexibility index (Phi) is 5.50. The van der Waals surface area contributed by atoms with Crippen molar-refractivity contribution in [1.82, 2.24) is 14.1 Å². The highest BCUT2D eigenvalue weighted by atomic mass is 32.2. The molecule has 11 heteroatoms. The SMILES string of the molecule is CC(C)N1C(=O)C(=O)N(C[NH+]2CCN(S(=O)(=O)c3ccc(F)cc3)CC2)C1=O. The van der Waals surface area contributed by atoms with E-state index in [4.69, 9.17) is 0 Å². The number of urea groups is 1. The first kappa shape index (κ1) is 20.4. The zero-order valence-corrected chi connectivity index (χ0v) is 16.4. The van der Waals surface area contributed by atoms with Gasteiger partial charge in [-0.1, -0.05) is 0 Å². The van der Waals surface area contributed by atoms with Crippen LogP contribution in [0.1, 0.15) is 13.8 Å². The van der Waals surface area contributed by atoms with Crippen molar-refractivity contribution in [2.45, 2.75) is 24.8 Å². The first-order valence-electron chi connectivity index (χ1n) is 8.91. The predicted molar refractivity (Wildman–Crippen MR) is 94.9 cm³/mol. The Morgan fingerprint density at radius 1 is 1.04 bits per heavy atom. The first-order valence-corrected chi connectivity index (χ1v) is 10.3. The van der Waals surface area contributed by atoms with Crippen molar-refractivity contribution in [1.29, 1.82) is 0 Å². The van der Waals surface area contributed by atoms with E-state index in [9.17, 15) is 27.2 Å². The van der Waals surface area contributed by atoms with E-state index < -0.39 is 39.7 Å². The van der Waals surface area contributed by atoms with Crippen molar-refractivity contribution in [3.8, 4) is 0 Å². The van der Waals surface area contributed by atoms with Gasteiger partial charge in [-0.25, -0.2) is 22.5 Å². The number of quaternary nitrogens is 1. The van der Waals surface area contributed by atoms with Gasteiger partial charge < -0.3 is 4.90 Å². The van der Waals surface area contributed by atoms with Crippen molar-refractivity contribution in [2.75, 3.05) is 32.8 Å². The van der Waals surface area contributed by atoms with Crippen LogP contribution in [0.25, 0.3) is 0 Å². The van der Waals surface area contributed by atoms with Crippen molar-refractivity contribution >= 4 is 27.9 Å². The van der Waals surface area contributed by atoms with Gasteiger partial charge in [0.2, 0.25) is 10.0 Å². The van der Waals surface area contributed by atoms with Gasteiger partial charge in [0.05, 0.1) is 31.1 Å². The molecular formula is C17H22FN4O5S+. The van der Waals surface area contributed by atoms with E-state index in [1.165, 1.54) is 16.4 Å². The number of amides is 4. The van der Waals surface area contributed by atoms with Crippen LogP contribution in [-0.2, 0) is 19.6 Å². The number of hydrogen-bond acceptors (Lipinski definition) is 5. The smallest absolute Gasteiger partial charge is 0.315 e. The molecule has 2 aliphatic heterocycles. The lowest BCUT2D eigenvalue weighted by atomic mass is 10.3. The standard InChI is InChI=1S/C17H21FN4O5S/c1-12(2)22-16(24)15(23)21(17(22)25)11-19-7-9-20(10-8-19)28(26,27)14-5-3-13(18)4-6-14/h3-6,12H,7-11H2,1-2H3/p+1. The Morgan fingerprint density at radius 3 is 2.11 bits per heavy atom. The molecule has 4 amide bonds. The highest BCUT2D eigenvalue weighted by Gasteiger charge is 2.47. The number of benzene rings is 1. The fourth-order valence-corrected chi connectivity index (χ4v) is 4.74. The second-order valence-corrected chi connectivity index (χ2v) is 8.99. The summed E-state index contributed by atoms with van der Waals surface area (Å²) in [5.41, 5.74) is 0. The summed E-state index contributed by atoms with van der Waals surface area (Å²) in [4.78, 5) is 39.1. The van der Waals surface area contributed by atoms with Crippen LogP contribution in [0.2, 0.25) is 0 Å². The molecule has 1 N–H and O–H groups in total. The van der Waals surface area contributed by atoms with Crippen LogP contribution in [0.5, 0.6) is 0 Å². The third-order valence-corrected chi connectivity index (χ3v) is 6.78. The van der Waals surface area contributed by atoms with Gasteiger partial charge in [-0.3, -0.25) is 14.5 Å². The fraction of sp³-hybridized carbons (Fsp3) is 0.471. The Hall–Kier alpha value is -2.37. The highest BCUT2D eigenvalue weighted by Crippen LogP contribution is 2.17. The normalized spacial score (nSPS) is 19.9. The lowest BCUT2D eigenvalue weighted by Crippen LogP contribution is -3.16. The van der Waals surface area contributed by atoms with Gasteiger partial charge in [0.1, 0.15) is 5.82 Å². The van der Waals surface area contributed by atoms with Gasteiger partial charge in [0.25, 0.3) is 0 Å². The van der Waals surface area contributed by atoms with E-state index >= 15 is 0 Å². The summed E-state index contributed by atoms with van der Waals surface area (Å²) in [5.74, 6) is -2.21. The molecule has 0 spiro atoms. The molecule has 0 radical (unpaired) electrons. The Morgan fingerprint density at radius 2 is 1.61 bits per heavy atom. The summed E-state index contributed by atoms with van der Waals surface area (Å²) in [6.07, 6.45) is 0. The molecule has 9 nitrogen and oxygen atoms in total. The minimum absolute atomic E-state index is 0.0110. The number of piperazine rings is 1. The molecule has 0 unspecified atom stereocenters. The summed E-state index contributed by atoms with van der Waals surface area (Å²) in [6.45, 7) is 4.43. The maximum Gasteiger partial charge on any atom is 0.338 e. The van der Waals surface area contributed by atoms with E-state index in [0.29, 0.717) is 13.1 Å². The molecule has 2 aliphatic rings. The number of halogens is 1. The fourth-order valence-electron chi connectivity index (χ4n) is 3.30. The monoisotopic (exact) mass is 413 g/mol. The number of rotatable bonds is 5. The van der Waals surface area contributed by atoms with Gasteiger partial charge in [-0.15, -0.1) is 0 Å². The van der Waals surface area contributed by atoms with E-state index in [0.717, 1.165) is 26.8 Å². The summed E-state index contributed by atoms with van der Waals surface area (Å²) in [7, 11) is -3.74. The van der Waals surface area contributed by atoms with Crippen LogP contribution in [0.15, 0.2) is 29.2 Å². The van der Waals surface area contributed by atoms with Crippen LogP contribution in [0.3, 0.4) is 0 Å². The molecule has 1 aromatic rings. The molecule has 0 saturated carbocycles. The topological polar surface area (TPSA) is 99.5 Å². The van der Waals surface area contributed by atoms with E-state index in [1.54, 1.807) is 13.8 Å².